The maximum Gasteiger partial charge on any atom is 0.226 e. The van der Waals surface area contributed by atoms with Crippen LogP contribution in [0.4, 0.5) is 0 Å². The minimum absolute atomic E-state index is 0.286. The largest absolute Gasteiger partial charge is 0.342 e. The molecule has 1 saturated heterocycles. The molecule has 0 aromatic carbocycles. The van der Waals surface area contributed by atoms with Crippen molar-refractivity contribution in [3.63, 3.8) is 0 Å². The Morgan fingerprint density at radius 2 is 1.68 bits per heavy atom. The van der Waals surface area contributed by atoms with Crippen molar-refractivity contribution in [1.82, 2.24) is 4.90 Å². The van der Waals surface area contributed by atoms with E-state index in [0.29, 0.717) is 17.7 Å². The highest BCUT2D eigenvalue weighted by atomic mass is 16.2. The summed E-state index contributed by atoms with van der Waals surface area (Å²) in [6, 6.07) is 0.286. The lowest BCUT2D eigenvalue weighted by molar-refractivity contribution is -0.135. The number of nitrogens with zero attached hydrogens (tertiary/aromatic N) is 1. The zero-order valence-electron chi connectivity index (χ0n) is 11.9. The molecule has 4 fully saturated rings. The van der Waals surface area contributed by atoms with Gasteiger partial charge in [0.15, 0.2) is 0 Å². The SMILES string of the molecule is CC(N)C1CCN(C(=O)C2C3C4CCC(C4)C23)CC1. The molecule has 3 saturated carbocycles. The van der Waals surface area contributed by atoms with E-state index in [-0.39, 0.29) is 6.04 Å². The summed E-state index contributed by atoms with van der Waals surface area (Å²) in [5.41, 5.74) is 5.98. The van der Waals surface area contributed by atoms with Crippen LogP contribution >= 0.6 is 0 Å². The van der Waals surface area contributed by atoms with Crippen molar-refractivity contribution in [3.8, 4) is 0 Å². The van der Waals surface area contributed by atoms with Crippen LogP contribution in [0.3, 0.4) is 0 Å². The molecule has 0 radical (unpaired) electrons. The van der Waals surface area contributed by atoms with Gasteiger partial charge < -0.3 is 10.6 Å². The topological polar surface area (TPSA) is 46.3 Å². The summed E-state index contributed by atoms with van der Waals surface area (Å²) < 4.78 is 0. The lowest BCUT2D eigenvalue weighted by Crippen LogP contribution is -2.43. The summed E-state index contributed by atoms with van der Waals surface area (Å²) in [6.07, 6.45) is 6.47. The zero-order chi connectivity index (χ0) is 13.1. The van der Waals surface area contributed by atoms with Crippen molar-refractivity contribution >= 4 is 5.91 Å². The Hall–Kier alpha value is -0.570. The Morgan fingerprint density at radius 3 is 2.21 bits per heavy atom. The van der Waals surface area contributed by atoms with Crippen molar-refractivity contribution in [2.45, 2.75) is 45.1 Å². The quantitative estimate of drug-likeness (QED) is 0.825. The van der Waals surface area contributed by atoms with Gasteiger partial charge in [0.2, 0.25) is 5.91 Å². The summed E-state index contributed by atoms with van der Waals surface area (Å²) in [4.78, 5) is 14.8. The van der Waals surface area contributed by atoms with E-state index in [1.54, 1.807) is 0 Å². The zero-order valence-corrected chi connectivity index (χ0v) is 11.9. The molecule has 3 aliphatic carbocycles. The molecule has 5 unspecified atom stereocenters. The van der Waals surface area contributed by atoms with Crippen molar-refractivity contribution in [2.75, 3.05) is 13.1 Å². The van der Waals surface area contributed by atoms with Crippen LogP contribution < -0.4 is 5.73 Å². The smallest absolute Gasteiger partial charge is 0.226 e. The fourth-order valence-corrected chi connectivity index (χ4v) is 5.51. The summed E-state index contributed by atoms with van der Waals surface area (Å²) in [7, 11) is 0. The first-order valence-electron chi connectivity index (χ1n) is 8.21. The molecule has 0 aromatic heterocycles. The van der Waals surface area contributed by atoms with Gasteiger partial charge in [0.25, 0.3) is 0 Å². The van der Waals surface area contributed by atoms with E-state index in [4.69, 9.17) is 5.73 Å². The van der Waals surface area contributed by atoms with Crippen LogP contribution in [0.15, 0.2) is 0 Å². The molecule has 2 bridgehead atoms. The fraction of sp³-hybridized carbons (Fsp3) is 0.938. The van der Waals surface area contributed by atoms with Gasteiger partial charge in [0, 0.05) is 25.0 Å². The molecule has 3 heteroatoms. The first-order chi connectivity index (χ1) is 9.16. The molecular formula is C16H26N2O. The number of nitrogens with two attached hydrogens (primary N) is 1. The van der Waals surface area contributed by atoms with E-state index >= 15 is 0 Å². The third-order valence-electron chi connectivity index (χ3n) is 6.62. The predicted molar refractivity (Wildman–Crippen MR) is 74.3 cm³/mol. The fourth-order valence-electron chi connectivity index (χ4n) is 5.51. The van der Waals surface area contributed by atoms with Gasteiger partial charge in [-0.05, 0) is 68.6 Å². The second-order valence-electron chi connectivity index (χ2n) is 7.54. The molecule has 3 nitrogen and oxygen atoms in total. The van der Waals surface area contributed by atoms with Crippen LogP contribution in [0.2, 0.25) is 0 Å². The monoisotopic (exact) mass is 262 g/mol. The Balaban J connectivity index is 1.36. The van der Waals surface area contributed by atoms with Gasteiger partial charge in [-0.2, -0.15) is 0 Å². The van der Waals surface area contributed by atoms with E-state index in [1.807, 2.05) is 0 Å². The van der Waals surface area contributed by atoms with Crippen LogP contribution in [-0.4, -0.2) is 29.9 Å². The van der Waals surface area contributed by atoms with E-state index in [0.717, 1.165) is 49.6 Å². The highest BCUT2D eigenvalue weighted by Gasteiger charge is 2.67. The average Bonchev–Trinajstić information content (AvgIpc) is 2.85. The number of carbonyl (C=O) groups is 1. The number of piperidine rings is 1. The Kier molecular flexibility index (Phi) is 2.70. The van der Waals surface area contributed by atoms with Crippen molar-refractivity contribution in [3.05, 3.63) is 0 Å². The molecule has 2 N–H and O–H groups in total. The van der Waals surface area contributed by atoms with Crippen molar-refractivity contribution in [1.29, 1.82) is 0 Å². The van der Waals surface area contributed by atoms with Gasteiger partial charge in [0.1, 0.15) is 0 Å². The van der Waals surface area contributed by atoms with Gasteiger partial charge in [-0.25, -0.2) is 0 Å². The van der Waals surface area contributed by atoms with Crippen LogP contribution in [0, 0.1) is 35.5 Å². The number of fused-ring (bicyclic) bond motifs is 5. The maximum absolute atomic E-state index is 12.7. The van der Waals surface area contributed by atoms with E-state index in [9.17, 15) is 4.79 Å². The third kappa shape index (κ3) is 1.77. The number of hydrogen-bond acceptors (Lipinski definition) is 2. The first-order valence-corrected chi connectivity index (χ1v) is 8.21. The number of hydrogen-bond donors (Lipinski definition) is 1. The molecule has 19 heavy (non-hydrogen) atoms. The maximum atomic E-state index is 12.7. The Bertz CT molecular complexity index is 370. The highest BCUT2D eigenvalue weighted by Crippen LogP contribution is 2.69. The first kappa shape index (κ1) is 12.2. The third-order valence-corrected chi connectivity index (χ3v) is 6.62. The van der Waals surface area contributed by atoms with Crippen LogP contribution in [0.5, 0.6) is 0 Å². The minimum atomic E-state index is 0.286. The van der Waals surface area contributed by atoms with Crippen LogP contribution in [0.25, 0.3) is 0 Å². The summed E-state index contributed by atoms with van der Waals surface area (Å²) in [5.74, 6) is 4.94. The summed E-state index contributed by atoms with van der Waals surface area (Å²) >= 11 is 0. The molecule has 106 valence electrons. The van der Waals surface area contributed by atoms with Gasteiger partial charge >= 0.3 is 0 Å². The number of carbonyl (C=O) groups excluding carboxylic acids is 1. The Labute approximate surface area is 115 Å². The molecule has 1 heterocycles. The minimum Gasteiger partial charge on any atom is -0.342 e. The molecule has 1 amide bonds. The van der Waals surface area contributed by atoms with E-state index in [2.05, 4.69) is 11.8 Å². The second-order valence-corrected chi connectivity index (χ2v) is 7.54. The highest BCUT2D eigenvalue weighted by molar-refractivity contribution is 5.83. The molecule has 4 rings (SSSR count). The molecule has 4 aliphatic rings. The van der Waals surface area contributed by atoms with Crippen molar-refractivity contribution in [2.24, 2.45) is 41.2 Å². The number of likely N-dealkylation sites (tertiary alicyclic amines) is 1. The second kappa shape index (κ2) is 4.21. The average molecular weight is 262 g/mol. The van der Waals surface area contributed by atoms with E-state index in [1.165, 1.54) is 19.3 Å². The van der Waals surface area contributed by atoms with Gasteiger partial charge in [-0.1, -0.05) is 0 Å². The summed E-state index contributed by atoms with van der Waals surface area (Å²) in [6.45, 7) is 4.01. The predicted octanol–water partition coefficient (Wildman–Crippen LogP) is 1.86. The van der Waals surface area contributed by atoms with Crippen molar-refractivity contribution < 1.29 is 4.79 Å². The molecule has 1 aliphatic heterocycles. The number of amides is 1. The summed E-state index contributed by atoms with van der Waals surface area (Å²) in [5, 5.41) is 0. The number of rotatable bonds is 2. The van der Waals surface area contributed by atoms with Gasteiger partial charge in [-0.15, -0.1) is 0 Å². The molecule has 5 atom stereocenters. The van der Waals surface area contributed by atoms with Gasteiger partial charge in [-0.3, -0.25) is 4.79 Å². The van der Waals surface area contributed by atoms with E-state index < -0.39 is 0 Å². The van der Waals surface area contributed by atoms with Crippen LogP contribution in [0.1, 0.15) is 39.0 Å². The molecular weight excluding hydrogens is 236 g/mol. The normalized spacial score (nSPS) is 46.2. The Morgan fingerprint density at radius 1 is 1.11 bits per heavy atom. The molecule has 0 spiro atoms. The molecule has 0 aromatic rings. The lowest BCUT2D eigenvalue weighted by atomic mass is 9.90. The standard InChI is InChI=1S/C16H26N2O/c1-9(17)10-4-6-18(7-5-10)16(19)15-13-11-2-3-12(8-11)14(13)15/h9-15H,2-8,17H2,1H3. The van der Waals surface area contributed by atoms with Gasteiger partial charge in [0.05, 0.1) is 0 Å². The lowest BCUT2D eigenvalue weighted by Gasteiger charge is -2.34. The van der Waals surface area contributed by atoms with Crippen LogP contribution in [-0.2, 0) is 4.79 Å².